The molecule has 6 nitrogen and oxygen atoms in total. The molecule has 2 aromatic rings. The van der Waals surface area contributed by atoms with Crippen LogP contribution in [-0.4, -0.2) is 35.6 Å². The van der Waals surface area contributed by atoms with Crippen molar-refractivity contribution >= 4 is 13.0 Å². The molecule has 29 heavy (non-hydrogen) atoms. The van der Waals surface area contributed by atoms with E-state index in [-0.39, 0.29) is 11.8 Å². The zero-order chi connectivity index (χ0) is 20.2. The fourth-order valence-electron chi connectivity index (χ4n) is 5.13. The Morgan fingerprint density at radius 1 is 1.17 bits per heavy atom. The second kappa shape index (κ2) is 6.59. The largest absolute Gasteiger partial charge is 0.493 e. The van der Waals surface area contributed by atoms with Crippen molar-refractivity contribution in [2.75, 3.05) is 6.61 Å². The van der Waals surface area contributed by atoms with Crippen molar-refractivity contribution < 1.29 is 24.3 Å². The van der Waals surface area contributed by atoms with Crippen LogP contribution in [0.4, 0.5) is 0 Å². The molecule has 0 radical (unpaired) electrons. The van der Waals surface area contributed by atoms with E-state index in [0.717, 1.165) is 28.9 Å². The Labute approximate surface area is 170 Å². The fourth-order valence-corrected chi connectivity index (χ4v) is 5.13. The number of fused-ring (bicyclic) bond motifs is 6. The van der Waals surface area contributed by atoms with E-state index in [9.17, 15) is 14.8 Å². The van der Waals surface area contributed by atoms with Gasteiger partial charge in [0, 0.05) is 11.5 Å². The summed E-state index contributed by atoms with van der Waals surface area (Å²) >= 11 is 0. The summed E-state index contributed by atoms with van der Waals surface area (Å²) < 4.78 is 12.0. The lowest BCUT2D eigenvalue weighted by Gasteiger charge is -2.29. The number of nitrogens with one attached hydrogen (secondary N) is 1. The van der Waals surface area contributed by atoms with Crippen LogP contribution in [0.25, 0.3) is 0 Å². The van der Waals surface area contributed by atoms with E-state index in [1.54, 1.807) is 0 Å². The van der Waals surface area contributed by atoms with Gasteiger partial charge in [0.1, 0.15) is 5.75 Å². The predicted molar refractivity (Wildman–Crippen MR) is 107 cm³/mol. The third-order valence-corrected chi connectivity index (χ3v) is 6.67. The van der Waals surface area contributed by atoms with Crippen molar-refractivity contribution in [2.45, 2.75) is 49.2 Å². The van der Waals surface area contributed by atoms with Gasteiger partial charge >= 0.3 is 7.12 Å². The third kappa shape index (κ3) is 2.80. The van der Waals surface area contributed by atoms with Gasteiger partial charge in [-0.3, -0.25) is 4.79 Å². The van der Waals surface area contributed by atoms with Crippen LogP contribution in [0.1, 0.15) is 48.8 Å². The number of amides is 1. The summed E-state index contributed by atoms with van der Waals surface area (Å²) in [5.74, 6) is -0.328. The minimum absolute atomic E-state index is 0.0126. The summed E-state index contributed by atoms with van der Waals surface area (Å²) in [5, 5.41) is 22.8. The Bertz CT molecular complexity index is 966. The minimum atomic E-state index is -1.67. The van der Waals surface area contributed by atoms with Crippen molar-refractivity contribution in [1.29, 1.82) is 0 Å². The molecule has 3 aliphatic heterocycles. The number of benzene rings is 2. The summed E-state index contributed by atoms with van der Waals surface area (Å²) in [6.45, 7) is 2.47. The van der Waals surface area contributed by atoms with Crippen LogP contribution in [-0.2, 0) is 20.7 Å². The van der Waals surface area contributed by atoms with Crippen LogP contribution in [0.5, 0.6) is 5.75 Å². The molecule has 2 aromatic carbocycles. The molecule has 4 atom stereocenters. The number of para-hydroxylation sites is 1. The quantitative estimate of drug-likeness (QED) is 0.677. The first-order valence-electron chi connectivity index (χ1n) is 10.1. The highest BCUT2D eigenvalue weighted by Crippen LogP contribution is 2.58. The fraction of sp³-hybridized carbons (Fsp3) is 0.409. The van der Waals surface area contributed by atoms with Crippen LogP contribution in [0.3, 0.4) is 0 Å². The Hall–Kier alpha value is -2.35. The molecule has 150 valence electrons. The van der Waals surface area contributed by atoms with Gasteiger partial charge in [-0.05, 0) is 43.4 Å². The van der Waals surface area contributed by atoms with Crippen LogP contribution in [0.2, 0.25) is 0 Å². The first kappa shape index (κ1) is 18.7. The standard InChI is InChI=1S/C22H24BNO5/c1-21-10-11-22(29-21,17-8-4-3-7-16(17)21)20(25)24-19(23(26)27)12-14-13-28-18-9-5-2-6-15(14)18/h2-9,14,19,26-27H,10-13H2,1H3,(H,24,25)/t14-,19+,21-,22+/m1/s1. The topological polar surface area (TPSA) is 88.0 Å². The number of hydrogen-bond acceptors (Lipinski definition) is 5. The minimum Gasteiger partial charge on any atom is -0.493 e. The second-order valence-electron chi connectivity index (χ2n) is 8.48. The van der Waals surface area contributed by atoms with Gasteiger partial charge in [-0.2, -0.15) is 0 Å². The monoisotopic (exact) mass is 393 g/mol. The Balaban J connectivity index is 1.38. The molecule has 0 aliphatic carbocycles. The zero-order valence-corrected chi connectivity index (χ0v) is 16.3. The van der Waals surface area contributed by atoms with E-state index in [4.69, 9.17) is 9.47 Å². The highest BCUT2D eigenvalue weighted by atomic mass is 16.5. The van der Waals surface area contributed by atoms with Crippen LogP contribution in [0.15, 0.2) is 48.5 Å². The summed E-state index contributed by atoms with van der Waals surface area (Å²) in [7, 11) is -1.67. The summed E-state index contributed by atoms with van der Waals surface area (Å²) in [4.78, 5) is 13.4. The number of ether oxygens (including phenoxy) is 2. The maximum atomic E-state index is 13.4. The first-order valence-corrected chi connectivity index (χ1v) is 10.1. The Kier molecular flexibility index (Phi) is 4.24. The lowest BCUT2D eigenvalue weighted by molar-refractivity contribution is -0.151. The summed E-state index contributed by atoms with van der Waals surface area (Å²) in [6, 6.07) is 15.5. The van der Waals surface area contributed by atoms with Crippen molar-refractivity contribution in [1.82, 2.24) is 5.32 Å². The van der Waals surface area contributed by atoms with Gasteiger partial charge in [0.2, 0.25) is 0 Å². The predicted octanol–water partition coefficient (Wildman–Crippen LogP) is 1.98. The molecule has 1 fully saturated rings. The Morgan fingerprint density at radius 3 is 2.69 bits per heavy atom. The van der Waals surface area contributed by atoms with E-state index >= 15 is 0 Å². The lowest BCUT2D eigenvalue weighted by Crippen LogP contribution is -2.53. The molecule has 0 unspecified atom stereocenters. The molecule has 2 bridgehead atoms. The van der Waals surface area contributed by atoms with Crippen molar-refractivity contribution in [3.63, 3.8) is 0 Å². The highest BCUT2D eigenvalue weighted by Gasteiger charge is 2.61. The van der Waals surface area contributed by atoms with Crippen LogP contribution < -0.4 is 10.1 Å². The lowest BCUT2D eigenvalue weighted by atomic mass is 9.72. The van der Waals surface area contributed by atoms with Gasteiger partial charge in [-0.25, -0.2) is 0 Å². The molecule has 0 spiro atoms. The van der Waals surface area contributed by atoms with Gasteiger partial charge in [0.05, 0.1) is 18.1 Å². The number of rotatable bonds is 5. The number of carbonyl (C=O) groups excluding carboxylic acids is 1. The first-order chi connectivity index (χ1) is 13.9. The van der Waals surface area contributed by atoms with Crippen LogP contribution in [0, 0.1) is 0 Å². The molecule has 3 heterocycles. The van der Waals surface area contributed by atoms with E-state index in [2.05, 4.69) is 5.32 Å². The van der Waals surface area contributed by atoms with Crippen molar-refractivity contribution in [2.24, 2.45) is 0 Å². The molecule has 1 saturated heterocycles. The third-order valence-electron chi connectivity index (χ3n) is 6.67. The second-order valence-corrected chi connectivity index (χ2v) is 8.48. The number of hydrogen-bond donors (Lipinski definition) is 3. The highest BCUT2D eigenvalue weighted by molar-refractivity contribution is 6.43. The summed E-state index contributed by atoms with van der Waals surface area (Å²) in [5.41, 5.74) is 1.41. The van der Waals surface area contributed by atoms with Crippen LogP contribution >= 0.6 is 0 Å². The SMILES string of the molecule is C[C@]12CC[C@](C(=O)N[C@@H](C[C@@H]3COc4ccccc43)B(O)O)(O1)c1ccccc12. The average molecular weight is 393 g/mol. The van der Waals surface area contributed by atoms with Crippen molar-refractivity contribution in [3.05, 3.63) is 65.2 Å². The van der Waals surface area contributed by atoms with Gasteiger partial charge in [-0.1, -0.05) is 42.5 Å². The molecular weight excluding hydrogens is 369 g/mol. The molecule has 5 rings (SSSR count). The summed E-state index contributed by atoms with van der Waals surface area (Å²) in [6.07, 6.45) is 1.71. The molecule has 7 heteroatoms. The zero-order valence-electron chi connectivity index (χ0n) is 16.3. The van der Waals surface area contributed by atoms with Crippen molar-refractivity contribution in [3.8, 4) is 5.75 Å². The molecule has 0 aromatic heterocycles. The maximum Gasteiger partial charge on any atom is 0.475 e. The Morgan fingerprint density at radius 2 is 1.90 bits per heavy atom. The molecular formula is C22H24BNO5. The molecule has 3 aliphatic rings. The smallest absolute Gasteiger partial charge is 0.475 e. The van der Waals surface area contributed by atoms with E-state index in [1.807, 2.05) is 55.5 Å². The number of carbonyl (C=O) groups is 1. The van der Waals surface area contributed by atoms with Gasteiger partial charge in [-0.15, -0.1) is 0 Å². The normalized spacial score (nSPS) is 29.7. The van der Waals surface area contributed by atoms with Gasteiger partial charge < -0.3 is 24.8 Å². The molecule has 3 N–H and O–H groups in total. The van der Waals surface area contributed by atoms with Gasteiger partial charge in [0.15, 0.2) is 5.60 Å². The molecule has 1 amide bonds. The van der Waals surface area contributed by atoms with Gasteiger partial charge in [0.25, 0.3) is 5.91 Å². The van der Waals surface area contributed by atoms with E-state index in [1.165, 1.54) is 0 Å². The average Bonchev–Trinajstić information content (AvgIpc) is 3.37. The van der Waals surface area contributed by atoms with E-state index < -0.39 is 24.3 Å². The maximum absolute atomic E-state index is 13.4. The molecule has 0 saturated carbocycles. The van der Waals surface area contributed by atoms with E-state index in [0.29, 0.717) is 19.4 Å².